The molecule has 0 spiro atoms. The average molecular weight is 372 g/mol. The molecular formula is C12H14BrN5O2S. The fourth-order valence-electron chi connectivity index (χ4n) is 1.46. The van der Waals surface area contributed by atoms with Gasteiger partial charge in [0.15, 0.2) is 5.82 Å². The molecule has 0 aromatic carbocycles. The molecule has 0 aliphatic carbocycles. The van der Waals surface area contributed by atoms with Gasteiger partial charge in [-0.15, -0.1) is 0 Å². The normalized spacial score (nSPS) is 11.1. The lowest BCUT2D eigenvalue weighted by molar-refractivity contribution is 0.600. The summed E-state index contributed by atoms with van der Waals surface area (Å²) in [6, 6.07) is 3.11. The van der Waals surface area contributed by atoms with Gasteiger partial charge >= 0.3 is 0 Å². The Morgan fingerprint density at radius 3 is 2.43 bits per heavy atom. The van der Waals surface area contributed by atoms with Gasteiger partial charge < -0.3 is 5.32 Å². The Hall–Kier alpha value is -1.74. The molecule has 2 rings (SSSR count). The number of sulfonamides is 1. The van der Waals surface area contributed by atoms with Gasteiger partial charge in [0, 0.05) is 12.7 Å². The van der Waals surface area contributed by atoms with Crippen molar-refractivity contribution in [1.82, 2.24) is 15.0 Å². The maximum atomic E-state index is 12.2. The van der Waals surface area contributed by atoms with Crippen molar-refractivity contribution < 1.29 is 8.42 Å². The number of anilines is 2. The van der Waals surface area contributed by atoms with E-state index in [1.165, 1.54) is 24.7 Å². The van der Waals surface area contributed by atoms with Crippen molar-refractivity contribution in [3.8, 4) is 0 Å². The van der Waals surface area contributed by atoms with Crippen LogP contribution >= 0.6 is 15.9 Å². The van der Waals surface area contributed by atoms with Crippen LogP contribution in [0.4, 0.5) is 11.6 Å². The molecule has 2 aromatic heterocycles. The van der Waals surface area contributed by atoms with E-state index in [0.29, 0.717) is 10.4 Å². The highest BCUT2D eigenvalue weighted by Crippen LogP contribution is 2.15. The van der Waals surface area contributed by atoms with Crippen LogP contribution in [-0.2, 0) is 10.0 Å². The molecule has 0 atom stereocenters. The standard InChI is InChI=1S/C12H14BrN5O2S/c1-2-5-14-11-4-3-9(6-16-11)21(19,20)18-12-8-15-10(13)7-17-12/h3-4,6-8H,2,5H2,1H3,(H,14,16)(H,17,18). The third kappa shape index (κ3) is 4.36. The largest absolute Gasteiger partial charge is 0.370 e. The first-order valence-electron chi connectivity index (χ1n) is 6.21. The van der Waals surface area contributed by atoms with Crippen molar-refractivity contribution >= 4 is 37.6 Å². The van der Waals surface area contributed by atoms with Gasteiger partial charge in [-0.2, -0.15) is 0 Å². The minimum atomic E-state index is -3.72. The summed E-state index contributed by atoms with van der Waals surface area (Å²) in [6.45, 7) is 2.82. The van der Waals surface area contributed by atoms with Gasteiger partial charge in [-0.3, -0.25) is 4.72 Å². The summed E-state index contributed by atoms with van der Waals surface area (Å²) in [4.78, 5) is 11.9. The number of nitrogens with one attached hydrogen (secondary N) is 2. The highest BCUT2D eigenvalue weighted by atomic mass is 79.9. The van der Waals surface area contributed by atoms with Crippen molar-refractivity contribution in [1.29, 1.82) is 0 Å². The molecule has 21 heavy (non-hydrogen) atoms. The second kappa shape index (κ2) is 6.81. The Morgan fingerprint density at radius 2 is 1.86 bits per heavy atom. The van der Waals surface area contributed by atoms with E-state index in [9.17, 15) is 8.42 Å². The summed E-state index contributed by atoms with van der Waals surface area (Å²) in [6.07, 6.45) is 5.00. The molecule has 2 aromatic rings. The van der Waals surface area contributed by atoms with Gasteiger partial charge in [0.1, 0.15) is 15.3 Å². The Kier molecular flexibility index (Phi) is 5.07. The third-order valence-corrected chi connectivity index (χ3v) is 4.21. The highest BCUT2D eigenvalue weighted by molar-refractivity contribution is 9.10. The molecule has 2 heterocycles. The molecule has 0 aliphatic rings. The van der Waals surface area contributed by atoms with Gasteiger partial charge in [-0.05, 0) is 34.5 Å². The number of halogens is 1. The predicted octanol–water partition coefficient (Wildman–Crippen LogP) is 2.26. The zero-order valence-corrected chi connectivity index (χ0v) is 13.6. The molecule has 0 saturated heterocycles. The molecule has 2 N–H and O–H groups in total. The second-order valence-electron chi connectivity index (χ2n) is 4.14. The SMILES string of the molecule is CCCNc1ccc(S(=O)(=O)Nc2cnc(Br)cn2)cn1. The van der Waals surface area contributed by atoms with E-state index in [2.05, 4.69) is 40.9 Å². The molecule has 112 valence electrons. The van der Waals surface area contributed by atoms with Gasteiger partial charge in [0.05, 0.1) is 12.4 Å². The lowest BCUT2D eigenvalue weighted by Gasteiger charge is -2.08. The van der Waals surface area contributed by atoms with Crippen LogP contribution in [0.15, 0.2) is 40.2 Å². The van der Waals surface area contributed by atoms with Crippen LogP contribution in [-0.4, -0.2) is 29.9 Å². The molecule has 0 fully saturated rings. The van der Waals surface area contributed by atoms with Crippen LogP contribution in [0, 0.1) is 0 Å². The van der Waals surface area contributed by atoms with E-state index >= 15 is 0 Å². The van der Waals surface area contributed by atoms with Crippen LogP contribution in [0.1, 0.15) is 13.3 Å². The minimum absolute atomic E-state index is 0.0641. The van der Waals surface area contributed by atoms with Crippen molar-refractivity contribution in [2.45, 2.75) is 18.2 Å². The van der Waals surface area contributed by atoms with Crippen molar-refractivity contribution in [2.75, 3.05) is 16.6 Å². The molecule has 7 nitrogen and oxygen atoms in total. The average Bonchev–Trinajstić information content (AvgIpc) is 2.48. The van der Waals surface area contributed by atoms with E-state index in [1.807, 2.05) is 6.92 Å². The number of nitrogens with zero attached hydrogens (tertiary/aromatic N) is 3. The number of aromatic nitrogens is 3. The lowest BCUT2D eigenvalue weighted by Crippen LogP contribution is -2.14. The Balaban J connectivity index is 2.13. The van der Waals surface area contributed by atoms with Crippen LogP contribution in [0.2, 0.25) is 0 Å². The first-order valence-corrected chi connectivity index (χ1v) is 8.49. The summed E-state index contributed by atoms with van der Waals surface area (Å²) in [5, 5.41) is 3.08. The fourth-order valence-corrected chi connectivity index (χ4v) is 2.60. The van der Waals surface area contributed by atoms with Gasteiger partial charge in [0.25, 0.3) is 10.0 Å². The maximum absolute atomic E-state index is 12.2. The van der Waals surface area contributed by atoms with Gasteiger partial charge in [0.2, 0.25) is 0 Å². The second-order valence-corrected chi connectivity index (χ2v) is 6.63. The summed E-state index contributed by atoms with van der Waals surface area (Å²) in [5.41, 5.74) is 0. The molecule has 9 heteroatoms. The summed E-state index contributed by atoms with van der Waals surface area (Å²) < 4.78 is 27.2. The van der Waals surface area contributed by atoms with Crippen molar-refractivity contribution in [3.63, 3.8) is 0 Å². The van der Waals surface area contributed by atoms with E-state index < -0.39 is 10.0 Å². The number of hydrogen-bond donors (Lipinski definition) is 2. The summed E-state index contributed by atoms with van der Waals surface area (Å²) in [7, 11) is -3.72. The van der Waals surface area contributed by atoms with E-state index in [4.69, 9.17) is 0 Å². The summed E-state index contributed by atoms with van der Waals surface area (Å²) in [5.74, 6) is 0.783. The van der Waals surface area contributed by atoms with Crippen molar-refractivity contribution in [2.24, 2.45) is 0 Å². The number of rotatable bonds is 6. The summed E-state index contributed by atoms with van der Waals surface area (Å²) >= 11 is 3.13. The number of hydrogen-bond acceptors (Lipinski definition) is 6. The zero-order valence-electron chi connectivity index (χ0n) is 11.2. The fraction of sp³-hybridized carbons (Fsp3) is 0.250. The van der Waals surface area contributed by atoms with Crippen LogP contribution in [0.25, 0.3) is 0 Å². The first kappa shape index (κ1) is 15.6. The third-order valence-electron chi connectivity index (χ3n) is 2.46. The quantitative estimate of drug-likeness (QED) is 0.808. The molecule has 0 aliphatic heterocycles. The smallest absolute Gasteiger partial charge is 0.264 e. The Bertz CT molecular complexity index is 689. The molecule has 0 bridgehead atoms. The lowest BCUT2D eigenvalue weighted by atomic mass is 10.4. The topological polar surface area (TPSA) is 96.9 Å². The van der Waals surface area contributed by atoms with Crippen molar-refractivity contribution in [3.05, 3.63) is 35.3 Å². The molecule has 0 unspecified atom stereocenters. The zero-order chi connectivity index (χ0) is 15.3. The van der Waals surface area contributed by atoms with E-state index in [1.54, 1.807) is 6.07 Å². The van der Waals surface area contributed by atoms with Gasteiger partial charge in [-0.1, -0.05) is 6.92 Å². The monoisotopic (exact) mass is 371 g/mol. The first-order chi connectivity index (χ1) is 10.0. The Morgan fingerprint density at radius 1 is 1.10 bits per heavy atom. The molecule has 0 radical (unpaired) electrons. The van der Waals surface area contributed by atoms with Crippen LogP contribution in [0.5, 0.6) is 0 Å². The number of pyridine rings is 1. The predicted molar refractivity (Wildman–Crippen MR) is 83.6 cm³/mol. The van der Waals surface area contributed by atoms with Gasteiger partial charge in [-0.25, -0.2) is 23.4 Å². The van der Waals surface area contributed by atoms with Crippen LogP contribution in [0.3, 0.4) is 0 Å². The molecule has 0 amide bonds. The van der Waals surface area contributed by atoms with E-state index in [-0.39, 0.29) is 10.7 Å². The van der Waals surface area contributed by atoms with Crippen LogP contribution < -0.4 is 10.0 Å². The Labute approximate surface area is 131 Å². The molecule has 0 saturated carbocycles. The van der Waals surface area contributed by atoms with E-state index in [0.717, 1.165) is 13.0 Å². The maximum Gasteiger partial charge on any atom is 0.264 e. The molecular weight excluding hydrogens is 358 g/mol. The highest BCUT2D eigenvalue weighted by Gasteiger charge is 2.15. The minimum Gasteiger partial charge on any atom is -0.370 e.